The predicted octanol–water partition coefficient (Wildman–Crippen LogP) is 2.89. The van der Waals surface area contributed by atoms with E-state index in [1.54, 1.807) is 0 Å². The van der Waals surface area contributed by atoms with Crippen molar-refractivity contribution in [1.82, 2.24) is 10.6 Å². The van der Waals surface area contributed by atoms with Crippen LogP contribution in [0.15, 0.2) is 40.8 Å². The van der Waals surface area contributed by atoms with E-state index in [0.717, 1.165) is 24.4 Å². The van der Waals surface area contributed by atoms with Gasteiger partial charge in [0, 0.05) is 23.0 Å². The number of amides is 1. The first-order valence-electron chi connectivity index (χ1n) is 6.28. The van der Waals surface area contributed by atoms with Gasteiger partial charge in [0.25, 0.3) is 0 Å². The van der Waals surface area contributed by atoms with Crippen molar-refractivity contribution in [3.05, 3.63) is 40.9 Å². The van der Waals surface area contributed by atoms with Gasteiger partial charge in [-0.25, -0.2) is 0 Å². The molecular formula is C14H18Cl2N2OS. The number of carbonyl (C=O) groups excluding carboxylic acids is 1. The Morgan fingerprint density at radius 1 is 1.35 bits per heavy atom. The van der Waals surface area contributed by atoms with E-state index >= 15 is 0 Å². The van der Waals surface area contributed by atoms with Crippen molar-refractivity contribution in [3.8, 4) is 0 Å². The molecule has 1 aromatic rings. The zero-order valence-electron chi connectivity index (χ0n) is 11.0. The van der Waals surface area contributed by atoms with Gasteiger partial charge in [0.1, 0.15) is 0 Å². The van der Waals surface area contributed by atoms with E-state index in [0.29, 0.717) is 17.3 Å². The lowest BCUT2D eigenvalue weighted by atomic mass is 10.1. The molecule has 1 aliphatic heterocycles. The zero-order valence-corrected chi connectivity index (χ0v) is 13.4. The maximum atomic E-state index is 11.7. The number of benzene rings is 1. The van der Waals surface area contributed by atoms with Crippen LogP contribution in [0.1, 0.15) is 6.42 Å². The van der Waals surface area contributed by atoms with Crippen molar-refractivity contribution >= 4 is 41.7 Å². The molecule has 0 saturated carbocycles. The van der Waals surface area contributed by atoms with Crippen LogP contribution in [0.2, 0.25) is 5.02 Å². The van der Waals surface area contributed by atoms with Gasteiger partial charge in [-0.1, -0.05) is 23.3 Å². The average Bonchev–Trinajstić information content (AvgIpc) is 2.45. The minimum Gasteiger partial charge on any atom is -0.352 e. The summed E-state index contributed by atoms with van der Waals surface area (Å²) < 4.78 is 0. The second-order valence-corrected chi connectivity index (χ2v) is 5.82. The van der Waals surface area contributed by atoms with Gasteiger partial charge in [0.05, 0.1) is 5.75 Å². The summed E-state index contributed by atoms with van der Waals surface area (Å²) in [5, 5.41) is 6.92. The Morgan fingerprint density at radius 3 is 2.75 bits per heavy atom. The summed E-state index contributed by atoms with van der Waals surface area (Å²) in [6.07, 6.45) is 3.17. The molecule has 0 spiro atoms. The van der Waals surface area contributed by atoms with Gasteiger partial charge in [-0.05, 0) is 37.2 Å². The summed E-state index contributed by atoms with van der Waals surface area (Å²) in [6, 6.07) is 7.52. The Hall–Kier alpha value is -0.680. The quantitative estimate of drug-likeness (QED) is 0.643. The van der Waals surface area contributed by atoms with E-state index in [2.05, 4.69) is 16.7 Å². The molecule has 6 heteroatoms. The highest BCUT2D eigenvalue weighted by atomic mass is 35.5. The molecule has 1 aromatic carbocycles. The summed E-state index contributed by atoms with van der Waals surface area (Å²) in [4.78, 5) is 12.8. The Kier molecular flexibility index (Phi) is 8.07. The predicted molar refractivity (Wildman–Crippen MR) is 88.0 cm³/mol. The van der Waals surface area contributed by atoms with Gasteiger partial charge >= 0.3 is 0 Å². The van der Waals surface area contributed by atoms with E-state index in [9.17, 15) is 4.79 Å². The molecule has 20 heavy (non-hydrogen) atoms. The lowest BCUT2D eigenvalue weighted by Crippen LogP contribution is -2.30. The molecule has 1 aliphatic rings. The maximum Gasteiger partial charge on any atom is 0.230 e. The van der Waals surface area contributed by atoms with Crippen LogP contribution in [0.25, 0.3) is 0 Å². The van der Waals surface area contributed by atoms with Gasteiger partial charge in [0.15, 0.2) is 0 Å². The molecule has 3 nitrogen and oxygen atoms in total. The van der Waals surface area contributed by atoms with Crippen molar-refractivity contribution in [3.63, 3.8) is 0 Å². The highest BCUT2D eigenvalue weighted by Crippen LogP contribution is 2.19. The van der Waals surface area contributed by atoms with Crippen LogP contribution in [0, 0.1) is 0 Å². The van der Waals surface area contributed by atoms with Gasteiger partial charge in [-0.2, -0.15) is 0 Å². The third kappa shape index (κ3) is 6.18. The van der Waals surface area contributed by atoms with Crippen LogP contribution in [0.4, 0.5) is 0 Å². The summed E-state index contributed by atoms with van der Waals surface area (Å²) in [5.74, 6) is 0.507. The van der Waals surface area contributed by atoms with Gasteiger partial charge in [0.2, 0.25) is 5.91 Å². The normalized spacial score (nSPS) is 14.2. The minimum atomic E-state index is 0. The van der Waals surface area contributed by atoms with Crippen LogP contribution in [-0.2, 0) is 4.79 Å². The molecule has 0 aliphatic carbocycles. The third-order valence-corrected chi connectivity index (χ3v) is 4.12. The monoisotopic (exact) mass is 332 g/mol. The first kappa shape index (κ1) is 17.4. The second kappa shape index (κ2) is 9.29. The topological polar surface area (TPSA) is 41.1 Å². The molecule has 2 rings (SSSR count). The van der Waals surface area contributed by atoms with Crippen molar-refractivity contribution in [2.24, 2.45) is 0 Å². The van der Waals surface area contributed by atoms with Crippen LogP contribution < -0.4 is 10.6 Å². The van der Waals surface area contributed by atoms with E-state index < -0.39 is 0 Å². The molecule has 0 aromatic heterocycles. The summed E-state index contributed by atoms with van der Waals surface area (Å²) in [5.41, 5.74) is 1.31. The second-order valence-electron chi connectivity index (χ2n) is 4.34. The molecule has 0 bridgehead atoms. The number of hydrogen-bond donors (Lipinski definition) is 2. The SMILES string of the molecule is Cl.O=C(CSc1ccc(Cl)cc1)NCC1=CCNCC1. The molecule has 0 atom stereocenters. The van der Waals surface area contributed by atoms with E-state index in [4.69, 9.17) is 11.6 Å². The molecule has 1 heterocycles. The van der Waals surface area contributed by atoms with Crippen LogP contribution in [-0.4, -0.2) is 31.3 Å². The van der Waals surface area contributed by atoms with Crippen molar-refractivity contribution in [1.29, 1.82) is 0 Å². The van der Waals surface area contributed by atoms with E-state index in [-0.39, 0.29) is 18.3 Å². The highest BCUT2D eigenvalue weighted by Gasteiger charge is 2.06. The average molecular weight is 333 g/mol. The number of halogens is 2. The third-order valence-electron chi connectivity index (χ3n) is 2.85. The molecule has 0 saturated heterocycles. The lowest BCUT2D eigenvalue weighted by molar-refractivity contribution is -0.118. The highest BCUT2D eigenvalue weighted by molar-refractivity contribution is 8.00. The smallest absolute Gasteiger partial charge is 0.230 e. The molecule has 1 amide bonds. The van der Waals surface area contributed by atoms with Crippen molar-refractivity contribution in [2.45, 2.75) is 11.3 Å². The van der Waals surface area contributed by atoms with Crippen LogP contribution in [0.5, 0.6) is 0 Å². The number of rotatable bonds is 5. The number of hydrogen-bond acceptors (Lipinski definition) is 3. The lowest BCUT2D eigenvalue weighted by Gasteiger charge is -2.14. The van der Waals surface area contributed by atoms with Crippen LogP contribution in [0.3, 0.4) is 0 Å². The fraction of sp³-hybridized carbons (Fsp3) is 0.357. The van der Waals surface area contributed by atoms with E-state index in [1.165, 1.54) is 17.3 Å². The minimum absolute atomic E-state index is 0. The Bertz CT molecular complexity index is 463. The molecular weight excluding hydrogens is 315 g/mol. The first-order valence-corrected chi connectivity index (χ1v) is 7.64. The summed E-state index contributed by atoms with van der Waals surface area (Å²) in [6.45, 7) is 2.58. The Balaban J connectivity index is 0.00000200. The fourth-order valence-electron chi connectivity index (χ4n) is 1.77. The molecule has 0 radical (unpaired) electrons. The van der Waals surface area contributed by atoms with Crippen molar-refractivity contribution < 1.29 is 4.79 Å². The van der Waals surface area contributed by atoms with Gasteiger partial charge < -0.3 is 10.6 Å². The fourth-order valence-corrected chi connectivity index (χ4v) is 2.63. The number of thioether (sulfide) groups is 1. The first-order chi connectivity index (χ1) is 9.24. The zero-order chi connectivity index (χ0) is 13.5. The largest absolute Gasteiger partial charge is 0.352 e. The summed E-state index contributed by atoms with van der Waals surface area (Å²) in [7, 11) is 0. The number of nitrogens with one attached hydrogen (secondary N) is 2. The Morgan fingerprint density at radius 2 is 2.10 bits per heavy atom. The van der Waals surface area contributed by atoms with Crippen molar-refractivity contribution in [2.75, 3.05) is 25.4 Å². The maximum absolute atomic E-state index is 11.7. The van der Waals surface area contributed by atoms with Gasteiger partial charge in [-0.3, -0.25) is 4.79 Å². The van der Waals surface area contributed by atoms with Crippen LogP contribution >= 0.6 is 35.8 Å². The molecule has 0 fully saturated rings. The van der Waals surface area contributed by atoms with E-state index in [1.807, 2.05) is 24.3 Å². The standard InChI is InChI=1S/C14H17ClN2OS.ClH/c15-12-1-3-13(4-2-12)19-10-14(18)17-9-11-5-7-16-8-6-11;/h1-5,16H,6-10H2,(H,17,18);1H. The van der Waals surface area contributed by atoms with Gasteiger partial charge in [-0.15, -0.1) is 24.2 Å². The molecule has 0 unspecified atom stereocenters. The Labute approximate surface area is 134 Å². The molecule has 2 N–H and O–H groups in total. The summed E-state index contributed by atoms with van der Waals surface area (Å²) >= 11 is 7.33. The molecule has 110 valence electrons. The number of carbonyl (C=O) groups is 1.